The van der Waals surface area contributed by atoms with Crippen LogP contribution in [0.5, 0.6) is 0 Å². The first-order valence-electron chi connectivity index (χ1n) is 11.9. The topological polar surface area (TPSA) is 68.5 Å². The molecule has 2 saturated heterocycles. The van der Waals surface area contributed by atoms with Crippen molar-refractivity contribution in [3.63, 3.8) is 0 Å². The molecule has 3 aliphatic rings. The highest BCUT2D eigenvalue weighted by molar-refractivity contribution is 5.66. The fourth-order valence-corrected chi connectivity index (χ4v) is 5.86. The highest BCUT2D eigenvalue weighted by Gasteiger charge is 2.50. The number of fused-ring (bicyclic) bond motifs is 3. The predicted octanol–water partition coefficient (Wildman–Crippen LogP) is 4.87. The maximum atomic E-state index is 12.0. The van der Waals surface area contributed by atoms with Gasteiger partial charge in [-0.15, -0.1) is 10.2 Å². The van der Waals surface area contributed by atoms with Crippen molar-refractivity contribution < 1.29 is 13.9 Å². The zero-order valence-corrected chi connectivity index (χ0v) is 19.4. The number of hydrogen-bond donors (Lipinski definition) is 0. The Bertz CT molecular complexity index is 1050. The molecule has 2 bridgehead atoms. The Hall–Kier alpha value is -2.99. The fraction of sp³-hybridized carbons (Fsp3) is 0.444. The average molecular weight is 446 g/mol. The van der Waals surface area contributed by atoms with Crippen LogP contribution in [-0.2, 0) is 14.9 Å². The highest BCUT2D eigenvalue weighted by Crippen LogP contribution is 2.47. The summed E-state index contributed by atoms with van der Waals surface area (Å²) in [6, 6.07) is 20.8. The van der Waals surface area contributed by atoms with E-state index in [-0.39, 0.29) is 5.97 Å². The number of esters is 1. The Morgan fingerprint density at radius 3 is 2.18 bits per heavy atom. The van der Waals surface area contributed by atoms with Crippen LogP contribution < -0.4 is 0 Å². The summed E-state index contributed by atoms with van der Waals surface area (Å²) in [5, 5.41) is 8.72. The number of carbonyl (C=O) groups is 1. The molecule has 3 aromatic rings. The van der Waals surface area contributed by atoms with Gasteiger partial charge in [-0.25, -0.2) is 0 Å². The number of ether oxygens (including phenoxy) is 1. The van der Waals surface area contributed by atoms with E-state index in [9.17, 15) is 4.79 Å². The van der Waals surface area contributed by atoms with E-state index < -0.39 is 11.1 Å². The average Bonchev–Trinajstić information content (AvgIpc) is 3.28. The largest absolute Gasteiger partial charge is 0.444 e. The van der Waals surface area contributed by atoms with Crippen LogP contribution in [-0.4, -0.2) is 39.9 Å². The molecular formula is C27H31N3O3. The van der Waals surface area contributed by atoms with Gasteiger partial charge in [-0.05, 0) is 36.3 Å². The summed E-state index contributed by atoms with van der Waals surface area (Å²) in [5.41, 5.74) is 1.13. The number of nitrogens with zero attached hydrogens (tertiary/aromatic N) is 3. The van der Waals surface area contributed by atoms with Gasteiger partial charge in [0.25, 0.3) is 0 Å². The molecule has 0 atom stereocenters. The maximum absolute atomic E-state index is 12.0. The molecule has 3 heterocycles. The van der Waals surface area contributed by atoms with Crippen LogP contribution in [0.1, 0.15) is 61.9 Å². The molecule has 3 fully saturated rings. The van der Waals surface area contributed by atoms with E-state index >= 15 is 0 Å². The summed E-state index contributed by atoms with van der Waals surface area (Å²) in [7, 11) is 0. The molecule has 33 heavy (non-hydrogen) atoms. The van der Waals surface area contributed by atoms with Crippen molar-refractivity contribution in [3.8, 4) is 0 Å². The lowest BCUT2D eigenvalue weighted by Gasteiger charge is -2.54. The van der Waals surface area contributed by atoms with Crippen molar-refractivity contribution in [1.29, 1.82) is 0 Å². The molecule has 0 radical (unpaired) electrons. The Morgan fingerprint density at radius 2 is 1.67 bits per heavy atom. The van der Waals surface area contributed by atoms with Gasteiger partial charge >= 0.3 is 5.97 Å². The summed E-state index contributed by atoms with van der Waals surface area (Å²) in [5.74, 6) is 1.61. The molecule has 1 saturated carbocycles. The molecule has 1 aromatic heterocycles. The Kier molecular flexibility index (Phi) is 5.79. The number of aromatic nitrogens is 2. The first kappa shape index (κ1) is 21.8. The minimum atomic E-state index is -0.599. The van der Waals surface area contributed by atoms with E-state index in [1.54, 1.807) is 0 Å². The van der Waals surface area contributed by atoms with Crippen molar-refractivity contribution in [2.45, 2.75) is 57.1 Å². The number of benzene rings is 2. The van der Waals surface area contributed by atoms with E-state index in [0.717, 1.165) is 56.3 Å². The molecule has 2 aromatic carbocycles. The predicted molar refractivity (Wildman–Crippen MR) is 124 cm³/mol. The SMILES string of the molecule is CC(=O)OC12CCC(CC1)CN2CCC(c1ccccc1)(c1ccccc1)c1nnc(C)o1. The standard InChI is InChI=1S/C27H31N3O3/c1-20-28-29-25(32-20)27(23-9-5-3-6-10-23,24-11-7-4-8-12-24)17-18-30-19-22-13-15-26(30,16-14-22)33-21(2)31/h3-12,22H,13-19H2,1-2H3. The fourth-order valence-electron chi connectivity index (χ4n) is 5.86. The third-order valence-corrected chi connectivity index (χ3v) is 7.46. The quantitative estimate of drug-likeness (QED) is 0.484. The van der Waals surface area contributed by atoms with Crippen LogP contribution in [0.4, 0.5) is 0 Å². The van der Waals surface area contributed by atoms with Crippen LogP contribution in [0.25, 0.3) is 0 Å². The molecule has 0 N–H and O–H groups in total. The number of hydrogen-bond acceptors (Lipinski definition) is 6. The summed E-state index contributed by atoms with van der Waals surface area (Å²) in [6.07, 6.45) is 4.78. The van der Waals surface area contributed by atoms with Crippen LogP contribution in [0.15, 0.2) is 65.1 Å². The summed E-state index contributed by atoms with van der Waals surface area (Å²) in [6.45, 7) is 5.06. The minimum absolute atomic E-state index is 0.203. The van der Waals surface area contributed by atoms with Crippen LogP contribution in [0, 0.1) is 12.8 Å². The molecule has 172 valence electrons. The Labute approximate surface area is 195 Å². The molecule has 1 aliphatic carbocycles. The lowest BCUT2D eigenvalue weighted by molar-refractivity contribution is -0.214. The number of aryl methyl sites for hydroxylation is 1. The van der Waals surface area contributed by atoms with Crippen molar-refractivity contribution >= 4 is 5.97 Å². The van der Waals surface area contributed by atoms with E-state index in [4.69, 9.17) is 9.15 Å². The van der Waals surface area contributed by atoms with Gasteiger partial charge in [0.15, 0.2) is 5.72 Å². The molecule has 6 heteroatoms. The number of piperidine rings is 2. The van der Waals surface area contributed by atoms with Gasteiger partial charge < -0.3 is 9.15 Å². The monoisotopic (exact) mass is 445 g/mol. The van der Waals surface area contributed by atoms with Crippen molar-refractivity contribution in [2.24, 2.45) is 5.92 Å². The lowest BCUT2D eigenvalue weighted by atomic mass is 9.70. The first-order chi connectivity index (χ1) is 16.0. The summed E-state index contributed by atoms with van der Waals surface area (Å²) >= 11 is 0. The third kappa shape index (κ3) is 3.97. The van der Waals surface area contributed by atoms with E-state index in [0.29, 0.717) is 17.7 Å². The number of rotatable bonds is 7. The minimum Gasteiger partial charge on any atom is -0.444 e. The molecular weight excluding hydrogens is 414 g/mol. The second-order valence-electron chi connectivity index (χ2n) is 9.44. The van der Waals surface area contributed by atoms with Gasteiger partial charge in [-0.3, -0.25) is 9.69 Å². The van der Waals surface area contributed by atoms with Crippen molar-refractivity contribution in [3.05, 3.63) is 83.6 Å². The van der Waals surface area contributed by atoms with Gasteiger partial charge in [-0.2, -0.15) is 0 Å². The lowest BCUT2D eigenvalue weighted by Crippen LogP contribution is -2.61. The smallest absolute Gasteiger partial charge is 0.304 e. The first-order valence-corrected chi connectivity index (χ1v) is 11.9. The molecule has 0 amide bonds. The Morgan fingerprint density at radius 1 is 1.06 bits per heavy atom. The third-order valence-electron chi connectivity index (χ3n) is 7.46. The van der Waals surface area contributed by atoms with Crippen LogP contribution in [0.2, 0.25) is 0 Å². The highest BCUT2D eigenvalue weighted by atomic mass is 16.6. The molecule has 2 aliphatic heterocycles. The second-order valence-corrected chi connectivity index (χ2v) is 9.44. The van der Waals surface area contributed by atoms with Crippen molar-refractivity contribution in [2.75, 3.05) is 13.1 Å². The van der Waals surface area contributed by atoms with Gasteiger partial charge in [0.1, 0.15) is 0 Å². The van der Waals surface area contributed by atoms with Gasteiger partial charge in [0.2, 0.25) is 11.8 Å². The molecule has 6 nitrogen and oxygen atoms in total. The molecule has 0 spiro atoms. The zero-order valence-electron chi connectivity index (χ0n) is 19.4. The van der Waals surface area contributed by atoms with Crippen LogP contribution in [0.3, 0.4) is 0 Å². The summed E-state index contributed by atoms with van der Waals surface area (Å²) in [4.78, 5) is 14.4. The normalized spacial score (nSPS) is 22.9. The second kappa shape index (κ2) is 8.75. The van der Waals surface area contributed by atoms with Gasteiger partial charge in [-0.1, -0.05) is 60.7 Å². The maximum Gasteiger partial charge on any atom is 0.304 e. The van der Waals surface area contributed by atoms with Gasteiger partial charge in [0.05, 0.1) is 5.41 Å². The molecule has 6 rings (SSSR count). The van der Waals surface area contributed by atoms with E-state index in [1.165, 1.54) is 6.92 Å². The van der Waals surface area contributed by atoms with E-state index in [1.807, 2.05) is 19.1 Å². The van der Waals surface area contributed by atoms with Crippen LogP contribution >= 0.6 is 0 Å². The zero-order chi connectivity index (χ0) is 22.9. The Balaban J connectivity index is 1.57. The van der Waals surface area contributed by atoms with Crippen molar-refractivity contribution in [1.82, 2.24) is 15.1 Å². The summed E-state index contributed by atoms with van der Waals surface area (Å²) < 4.78 is 12.1. The van der Waals surface area contributed by atoms with E-state index in [2.05, 4.69) is 63.6 Å². The molecule has 0 unspecified atom stereocenters. The number of carbonyl (C=O) groups excluding carboxylic acids is 1. The van der Waals surface area contributed by atoms with Gasteiger partial charge in [0, 0.05) is 39.8 Å².